The van der Waals surface area contributed by atoms with Crippen molar-refractivity contribution >= 4 is 17.7 Å². The highest BCUT2D eigenvalue weighted by Gasteiger charge is 2.42. The Hall–Kier alpha value is -2.90. The maximum atomic E-state index is 12.5. The van der Waals surface area contributed by atoms with Crippen LogP contribution in [0.15, 0.2) is 18.2 Å². The molecule has 3 rings (SSSR count). The number of anilines is 1. The molecule has 0 aliphatic carbocycles. The standard InChI is InChI=1S/C17H21N5O3/c1-10-4-5-12(14-18-11(2)20-21-14)8-13(10)19-16(25)22-7-6-17(3,9-22)15(23)24/h4-5,8H,6-7,9H2,1-3H3,(H,19,25)(H,23,24)(H,18,20,21). The van der Waals surface area contributed by atoms with Crippen molar-refractivity contribution < 1.29 is 14.7 Å². The molecule has 1 unspecified atom stereocenters. The Balaban J connectivity index is 1.77. The molecule has 0 saturated carbocycles. The molecular weight excluding hydrogens is 322 g/mol. The van der Waals surface area contributed by atoms with Crippen LogP contribution in [0.25, 0.3) is 11.4 Å². The molecule has 1 fully saturated rings. The van der Waals surface area contributed by atoms with E-state index in [1.165, 1.54) is 4.90 Å². The number of benzene rings is 1. The highest BCUT2D eigenvalue weighted by atomic mass is 16.4. The first-order valence-electron chi connectivity index (χ1n) is 8.08. The van der Waals surface area contributed by atoms with E-state index in [1.807, 2.05) is 32.0 Å². The van der Waals surface area contributed by atoms with Crippen molar-refractivity contribution in [3.8, 4) is 11.4 Å². The molecule has 2 amide bonds. The minimum Gasteiger partial charge on any atom is -0.481 e. The predicted molar refractivity (Wildman–Crippen MR) is 92.2 cm³/mol. The molecule has 0 bridgehead atoms. The zero-order valence-corrected chi connectivity index (χ0v) is 14.5. The molecule has 3 N–H and O–H groups in total. The summed E-state index contributed by atoms with van der Waals surface area (Å²) in [6.45, 7) is 6.01. The fourth-order valence-corrected chi connectivity index (χ4v) is 2.87. The van der Waals surface area contributed by atoms with Gasteiger partial charge < -0.3 is 15.3 Å². The van der Waals surface area contributed by atoms with Gasteiger partial charge in [0.05, 0.1) is 5.41 Å². The Morgan fingerprint density at radius 2 is 2.12 bits per heavy atom. The van der Waals surface area contributed by atoms with E-state index in [0.29, 0.717) is 30.3 Å². The summed E-state index contributed by atoms with van der Waals surface area (Å²) in [5.41, 5.74) is 1.48. The number of hydrogen-bond acceptors (Lipinski definition) is 4. The lowest BCUT2D eigenvalue weighted by molar-refractivity contribution is -0.146. The number of aromatic amines is 1. The van der Waals surface area contributed by atoms with Gasteiger partial charge in [0.1, 0.15) is 5.82 Å². The van der Waals surface area contributed by atoms with Gasteiger partial charge in [-0.25, -0.2) is 9.78 Å². The Morgan fingerprint density at radius 1 is 1.36 bits per heavy atom. The summed E-state index contributed by atoms with van der Waals surface area (Å²) in [6.07, 6.45) is 0.450. The first-order chi connectivity index (χ1) is 11.8. The first kappa shape index (κ1) is 16.9. The molecule has 8 nitrogen and oxygen atoms in total. The number of amides is 2. The molecule has 1 aromatic heterocycles. The second-order valence-electron chi connectivity index (χ2n) is 6.74. The molecule has 1 saturated heterocycles. The summed E-state index contributed by atoms with van der Waals surface area (Å²) < 4.78 is 0. The highest BCUT2D eigenvalue weighted by molar-refractivity contribution is 5.92. The van der Waals surface area contributed by atoms with Crippen LogP contribution in [0.3, 0.4) is 0 Å². The second kappa shape index (κ2) is 6.19. The number of carbonyl (C=O) groups is 2. The van der Waals surface area contributed by atoms with Gasteiger partial charge in [0, 0.05) is 24.3 Å². The van der Waals surface area contributed by atoms with E-state index in [4.69, 9.17) is 0 Å². The molecule has 1 atom stereocenters. The third-order valence-electron chi connectivity index (χ3n) is 4.61. The van der Waals surface area contributed by atoms with Gasteiger partial charge in [-0.05, 0) is 38.8 Å². The van der Waals surface area contributed by atoms with E-state index in [-0.39, 0.29) is 12.6 Å². The van der Waals surface area contributed by atoms with Gasteiger partial charge in [0.2, 0.25) is 0 Å². The van der Waals surface area contributed by atoms with Crippen LogP contribution in [-0.2, 0) is 4.79 Å². The summed E-state index contributed by atoms with van der Waals surface area (Å²) >= 11 is 0. The fourth-order valence-electron chi connectivity index (χ4n) is 2.87. The van der Waals surface area contributed by atoms with Crippen LogP contribution in [-0.4, -0.2) is 50.3 Å². The van der Waals surface area contributed by atoms with Crippen LogP contribution in [0.5, 0.6) is 0 Å². The number of carboxylic acid groups (broad SMARTS) is 1. The monoisotopic (exact) mass is 343 g/mol. The first-order valence-corrected chi connectivity index (χ1v) is 8.08. The smallest absolute Gasteiger partial charge is 0.321 e. The number of carboxylic acids is 1. The summed E-state index contributed by atoms with van der Waals surface area (Å²) in [6, 6.07) is 5.31. The maximum Gasteiger partial charge on any atom is 0.321 e. The van der Waals surface area contributed by atoms with Crippen molar-refractivity contribution in [2.24, 2.45) is 5.41 Å². The van der Waals surface area contributed by atoms with E-state index < -0.39 is 11.4 Å². The van der Waals surface area contributed by atoms with E-state index in [1.54, 1.807) is 6.92 Å². The van der Waals surface area contributed by atoms with Crippen molar-refractivity contribution in [2.75, 3.05) is 18.4 Å². The summed E-state index contributed by atoms with van der Waals surface area (Å²) in [7, 11) is 0. The number of carbonyl (C=O) groups excluding carboxylic acids is 1. The zero-order chi connectivity index (χ0) is 18.2. The van der Waals surface area contributed by atoms with Crippen molar-refractivity contribution in [3.63, 3.8) is 0 Å². The van der Waals surface area contributed by atoms with Crippen molar-refractivity contribution in [1.82, 2.24) is 20.1 Å². The number of aryl methyl sites for hydroxylation is 2. The number of H-pyrrole nitrogens is 1. The predicted octanol–water partition coefficient (Wildman–Crippen LogP) is 2.42. The summed E-state index contributed by atoms with van der Waals surface area (Å²) in [5.74, 6) is 0.403. The number of aromatic nitrogens is 3. The lowest BCUT2D eigenvalue weighted by Crippen LogP contribution is -2.37. The number of hydrogen-bond donors (Lipinski definition) is 3. The maximum absolute atomic E-state index is 12.5. The topological polar surface area (TPSA) is 111 Å². The van der Waals surface area contributed by atoms with Crippen molar-refractivity contribution in [3.05, 3.63) is 29.6 Å². The summed E-state index contributed by atoms with van der Waals surface area (Å²) in [4.78, 5) is 29.7. The van der Waals surface area contributed by atoms with Crippen LogP contribution in [0, 0.1) is 19.3 Å². The number of rotatable bonds is 3. The lowest BCUT2D eigenvalue weighted by Gasteiger charge is -2.21. The van der Waals surface area contributed by atoms with Crippen molar-refractivity contribution in [2.45, 2.75) is 27.2 Å². The summed E-state index contributed by atoms with van der Waals surface area (Å²) in [5, 5.41) is 19.1. The molecule has 132 valence electrons. The van der Waals surface area contributed by atoms with E-state index in [9.17, 15) is 14.7 Å². The molecule has 0 radical (unpaired) electrons. The number of urea groups is 1. The van der Waals surface area contributed by atoms with Gasteiger partial charge in [-0.2, -0.15) is 5.10 Å². The number of nitrogens with zero attached hydrogens (tertiary/aromatic N) is 3. The molecule has 1 aliphatic heterocycles. The third-order valence-corrected chi connectivity index (χ3v) is 4.61. The number of likely N-dealkylation sites (tertiary alicyclic amines) is 1. The Morgan fingerprint density at radius 3 is 2.72 bits per heavy atom. The van der Waals surface area contributed by atoms with Crippen molar-refractivity contribution in [1.29, 1.82) is 0 Å². The molecular formula is C17H21N5O3. The Bertz CT molecular complexity index is 831. The number of nitrogens with one attached hydrogen (secondary N) is 2. The van der Waals surface area contributed by atoms with Gasteiger partial charge >= 0.3 is 12.0 Å². The second-order valence-corrected chi connectivity index (χ2v) is 6.74. The largest absolute Gasteiger partial charge is 0.481 e. The van der Waals surface area contributed by atoms with Crippen LogP contribution in [0.1, 0.15) is 24.7 Å². The minimum atomic E-state index is -0.884. The molecule has 8 heteroatoms. The van der Waals surface area contributed by atoms with Gasteiger partial charge in [0.25, 0.3) is 0 Å². The molecule has 0 spiro atoms. The molecule has 1 aromatic carbocycles. The molecule has 2 aromatic rings. The molecule has 2 heterocycles. The van der Waals surface area contributed by atoms with Crippen LogP contribution < -0.4 is 5.32 Å². The van der Waals surface area contributed by atoms with E-state index >= 15 is 0 Å². The SMILES string of the molecule is Cc1nc(-c2ccc(C)c(NC(=O)N3CCC(C)(C(=O)O)C3)c2)n[nH]1. The zero-order valence-electron chi connectivity index (χ0n) is 14.5. The Kier molecular flexibility index (Phi) is 4.20. The van der Waals surface area contributed by atoms with Gasteiger partial charge in [0.15, 0.2) is 5.82 Å². The fraction of sp³-hybridized carbons (Fsp3) is 0.412. The normalized spacial score (nSPS) is 19.9. The van der Waals surface area contributed by atoms with Crippen LogP contribution in [0.2, 0.25) is 0 Å². The van der Waals surface area contributed by atoms with E-state index in [0.717, 1.165) is 11.1 Å². The lowest BCUT2D eigenvalue weighted by atomic mass is 9.90. The van der Waals surface area contributed by atoms with E-state index in [2.05, 4.69) is 20.5 Å². The quantitative estimate of drug-likeness (QED) is 0.792. The van der Waals surface area contributed by atoms with Gasteiger partial charge in [-0.1, -0.05) is 12.1 Å². The number of aliphatic carboxylic acids is 1. The minimum absolute atomic E-state index is 0.201. The van der Waals surface area contributed by atoms with Crippen LogP contribution in [0.4, 0.5) is 10.5 Å². The van der Waals surface area contributed by atoms with Crippen LogP contribution >= 0.6 is 0 Å². The van der Waals surface area contributed by atoms with Gasteiger partial charge in [-0.15, -0.1) is 0 Å². The average molecular weight is 343 g/mol. The van der Waals surface area contributed by atoms with Gasteiger partial charge in [-0.3, -0.25) is 9.89 Å². The molecule has 1 aliphatic rings. The third kappa shape index (κ3) is 3.33. The highest BCUT2D eigenvalue weighted by Crippen LogP contribution is 2.31. The average Bonchev–Trinajstić information content (AvgIpc) is 3.17. The Labute approximate surface area is 145 Å². The molecule has 25 heavy (non-hydrogen) atoms.